The lowest BCUT2D eigenvalue weighted by molar-refractivity contribution is 0.687. The van der Waals surface area contributed by atoms with Gasteiger partial charge in [0, 0.05) is 35.6 Å². The number of nitrogens with one attached hydrogen (secondary N) is 2. The predicted molar refractivity (Wildman–Crippen MR) is 108 cm³/mol. The topological polar surface area (TPSA) is 59.7 Å². The first kappa shape index (κ1) is 18.4. The molecular formula is C18H21ClN6S. The van der Waals surface area contributed by atoms with Crippen LogP contribution in [0.4, 0.5) is 5.82 Å². The Labute approximate surface area is 163 Å². The van der Waals surface area contributed by atoms with Crippen molar-refractivity contribution in [2.24, 2.45) is 7.05 Å². The first-order valence-electron chi connectivity index (χ1n) is 8.26. The summed E-state index contributed by atoms with van der Waals surface area (Å²) in [5, 5.41) is 16.4. The quantitative estimate of drug-likeness (QED) is 0.653. The van der Waals surface area contributed by atoms with Crippen LogP contribution in [0.1, 0.15) is 29.8 Å². The summed E-state index contributed by atoms with van der Waals surface area (Å²) >= 11 is 11.3. The van der Waals surface area contributed by atoms with Gasteiger partial charge in [0.1, 0.15) is 0 Å². The van der Waals surface area contributed by atoms with E-state index in [1.165, 1.54) is 0 Å². The Morgan fingerprint density at radius 1 is 1.27 bits per heavy atom. The molecule has 0 aliphatic rings. The summed E-state index contributed by atoms with van der Waals surface area (Å²) in [5.41, 5.74) is 3.36. The highest BCUT2D eigenvalue weighted by Crippen LogP contribution is 2.16. The molecule has 1 unspecified atom stereocenters. The fourth-order valence-corrected chi connectivity index (χ4v) is 3.07. The zero-order valence-corrected chi connectivity index (χ0v) is 16.5. The second-order valence-electron chi connectivity index (χ2n) is 6.15. The van der Waals surface area contributed by atoms with E-state index >= 15 is 0 Å². The smallest absolute Gasteiger partial charge is 0.172 e. The molecule has 3 aromatic rings. The van der Waals surface area contributed by atoms with Crippen molar-refractivity contribution in [1.82, 2.24) is 24.9 Å². The van der Waals surface area contributed by atoms with Crippen molar-refractivity contribution in [3.63, 3.8) is 0 Å². The van der Waals surface area contributed by atoms with Crippen molar-refractivity contribution in [3.05, 3.63) is 64.6 Å². The molecule has 0 bridgehead atoms. The van der Waals surface area contributed by atoms with Gasteiger partial charge in [-0.2, -0.15) is 10.2 Å². The fraction of sp³-hybridized carbons (Fsp3) is 0.278. The third kappa shape index (κ3) is 4.42. The molecule has 8 heteroatoms. The highest BCUT2D eigenvalue weighted by molar-refractivity contribution is 7.80. The van der Waals surface area contributed by atoms with Crippen LogP contribution in [-0.2, 0) is 13.6 Å². The van der Waals surface area contributed by atoms with Crippen molar-refractivity contribution in [1.29, 1.82) is 0 Å². The summed E-state index contributed by atoms with van der Waals surface area (Å²) in [6.45, 7) is 4.76. The summed E-state index contributed by atoms with van der Waals surface area (Å²) in [5.74, 6) is 0.701. The van der Waals surface area contributed by atoms with Crippen LogP contribution >= 0.6 is 23.8 Å². The number of rotatable bonds is 5. The molecule has 6 nitrogen and oxygen atoms in total. The monoisotopic (exact) mass is 388 g/mol. The van der Waals surface area contributed by atoms with Crippen LogP contribution in [0, 0.1) is 6.92 Å². The minimum atomic E-state index is 0.0554. The second-order valence-corrected chi connectivity index (χ2v) is 7.00. The second kappa shape index (κ2) is 7.88. The molecule has 2 N–H and O–H groups in total. The third-order valence-corrected chi connectivity index (χ3v) is 4.70. The summed E-state index contributed by atoms with van der Waals surface area (Å²) in [4.78, 5) is 0. The number of thiocarbonyl (C=S) groups is 1. The molecular weight excluding hydrogens is 368 g/mol. The fourth-order valence-electron chi connectivity index (χ4n) is 2.66. The summed E-state index contributed by atoms with van der Waals surface area (Å²) in [7, 11) is 1.93. The van der Waals surface area contributed by atoms with Crippen molar-refractivity contribution < 1.29 is 0 Å². The van der Waals surface area contributed by atoms with Gasteiger partial charge in [0.25, 0.3) is 0 Å². The van der Waals surface area contributed by atoms with E-state index in [0.29, 0.717) is 17.5 Å². The Morgan fingerprint density at radius 2 is 2.00 bits per heavy atom. The van der Waals surface area contributed by atoms with Crippen LogP contribution in [0.25, 0.3) is 0 Å². The zero-order valence-electron chi connectivity index (χ0n) is 14.9. The lowest BCUT2D eigenvalue weighted by Crippen LogP contribution is -2.31. The molecule has 26 heavy (non-hydrogen) atoms. The number of nitrogens with zero attached hydrogens (tertiary/aromatic N) is 4. The molecule has 136 valence electrons. The van der Waals surface area contributed by atoms with Gasteiger partial charge in [-0.05, 0) is 43.8 Å². The highest BCUT2D eigenvalue weighted by atomic mass is 35.5. The average Bonchev–Trinajstić information content (AvgIpc) is 3.16. The molecule has 0 amide bonds. The van der Waals surface area contributed by atoms with Gasteiger partial charge in [-0.3, -0.25) is 9.36 Å². The van der Waals surface area contributed by atoms with Gasteiger partial charge in [-0.25, -0.2) is 0 Å². The molecule has 3 rings (SSSR count). The lowest BCUT2D eigenvalue weighted by atomic mass is 10.1. The number of benzene rings is 1. The average molecular weight is 389 g/mol. The summed E-state index contributed by atoms with van der Waals surface area (Å²) in [6, 6.07) is 9.67. The van der Waals surface area contributed by atoms with Crippen LogP contribution < -0.4 is 10.6 Å². The van der Waals surface area contributed by atoms with Gasteiger partial charge in [0.2, 0.25) is 0 Å². The maximum absolute atomic E-state index is 5.91. The largest absolute Gasteiger partial charge is 0.356 e. The van der Waals surface area contributed by atoms with E-state index in [-0.39, 0.29) is 6.04 Å². The molecule has 2 heterocycles. The minimum Gasteiger partial charge on any atom is -0.356 e. The van der Waals surface area contributed by atoms with Gasteiger partial charge in [0.15, 0.2) is 10.9 Å². The number of aromatic nitrogens is 4. The van der Waals surface area contributed by atoms with Gasteiger partial charge in [-0.15, -0.1) is 0 Å². The van der Waals surface area contributed by atoms with E-state index in [0.717, 1.165) is 21.8 Å². The normalized spacial score (nSPS) is 12.0. The molecule has 1 aromatic carbocycles. The number of anilines is 1. The zero-order chi connectivity index (χ0) is 18.7. The van der Waals surface area contributed by atoms with Crippen molar-refractivity contribution in [2.45, 2.75) is 26.4 Å². The summed E-state index contributed by atoms with van der Waals surface area (Å²) < 4.78 is 3.70. The van der Waals surface area contributed by atoms with Gasteiger partial charge >= 0.3 is 0 Å². The Bertz CT molecular complexity index is 899. The maximum atomic E-state index is 5.91. The van der Waals surface area contributed by atoms with Gasteiger partial charge in [0.05, 0.1) is 18.8 Å². The van der Waals surface area contributed by atoms with E-state index in [1.807, 2.05) is 66.1 Å². The molecule has 0 fully saturated rings. The van der Waals surface area contributed by atoms with Gasteiger partial charge < -0.3 is 10.6 Å². The molecule has 2 aromatic heterocycles. The first-order chi connectivity index (χ1) is 12.4. The molecule has 0 saturated carbocycles. The number of aryl methyl sites for hydroxylation is 1. The SMILES string of the molecule is Cc1c(C(C)NC(=S)Nc2ccn(Cc3ccc(Cl)cc3)n2)cnn1C. The third-order valence-electron chi connectivity index (χ3n) is 4.23. The van der Waals surface area contributed by atoms with Crippen molar-refractivity contribution in [3.8, 4) is 0 Å². The Kier molecular flexibility index (Phi) is 5.58. The van der Waals surface area contributed by atoms with E-state index in [1.54, 1.807) is 0 Å². The minimum absolute atomic E-state index is 0.0554. The molecule has 0 radical (unpaired) electrons. The number of hydrogen-bond acceptors (Lipinski definition) is 3. The van der Waals surface area contributed by atoms with Gasteiger partial charge in [-0.1, -0.05) is 23.7 Å². The first-order valence-corrected chi connectivity index (χ1v) is 9.05. The van der Waals surface area contributed by atoms with Crippen LogP contribution in [-0.4, -0.2) is 24.7 Å². The molecule has 1 atom stereocenters. The standard InChI is InChI=1S/C18H21ClN6S/c1-12(16-10-20-24(3)13(16)2)21-18(26)22-17-8-9-25(23-17)11-14-4-6-15(19)7-5-14/h4-10,12H,11H2,1-3H3,(H2,21,22,23,26). The van der Waals surface area contributed by atoms with Crippen LogP contribution in [0.15, 0.2) is 42.7 Å². The van der Waals surface area contributed by atoms with Crippen molar-refractivity contribution >= 4 is 34.7 Å². The number of halogens is 1. The van der Waals surface area contributed by atoms with Crippen LogP contribution in [0.2, 0.25) is 5.02 Å². The molecule has 0 spiro atoms. The van der Waals surface area contributed by atoms with E-state index in [9.17, 15) is 0 Å². The Morgan fingerprint density at radius 3 is 2.65 bits per heavy atom. The van der Waals surface area contributed by atoms with E-state index in [4.69, 9.17) is 23.8 Å². The maximum Gasteiger partial charge on any atom is 0.172 e. The van der Waals surface area contributed by atoms with Crippen LogP contribution in [0.5, 0.6) is 0 Å². The molecule has 0 aliphatic carbocycles. The van der Waals surface area contributed by atoms with E-state index in [2.05, 4.69) is 27.8 Å². The summed E-state index contributed by atoms with van der Waals surface area (Å²) in [6.07, 6.45) is 3.77. The predicted octanol–water partition coefficient (Wildman–Crippen LogP) is 3.67. The highest BCUT2D eigenvalue weighted by Gasteiger charge is 2.13. The Hall–Kier alpha value is -2.38. The van der Waals surface area contributed by atoms with Crippen molar-refractivity contribution in [2.75, 3.05) is 5.32 Å². The molecule has 0 saturated heterocycles. The Balaban J connectivity index is 1.57. The molecule has 0 aliphatic heterocycles. The lowest BCUT2D eigenvalue weighted by Gasteiger charge is -2.16. The van der Waals surface area contributed by atoms with E-state index < -0.39 is 0 Å². The number of hydrogen-bond donors (Lipinski definition) is 2. The van der Waals surface area contributed by atoms with Crippen LogP contribution in [0.3, 0.4) is 0 Å².